The molecule has 4 amide bonds. The molecule has 39 heavy (non-hydrogen) atoms. The van der Waals surface area contributed by atoms with Gasteiger partial charge in [-0.25, -0.2) is 9.69 Å². The molecule has 10 heteroatoms. The first kappa shape index (κ1) is 26.5. The lowest BCUT2D eigenvalue weighted by Crippen LogP contribution is -2.54. The highest BCUT2D eigenvalue weighted by atomic mass is 127. The minimum absolute atomic E-state index is 0.166. The van der Waals surface area contributed by atoms with Crippen LogP contribution in [0.25, 0.3) is 6.08 Å². The zero-order valence-electron chi connectivity index (χ0n) is 21.5. The first-order valence-electron chi connectivity index (χ1n) is 12.2. The standard InChI is InChI=1S/C29H25IN2O7/c1-4-36-25-13-19(11-22(30)26(25)37-14-18-5-6-23-24(12-18)39-15-38-23)10-21-27(33)31-29(35)32(28(21)34)20-8-16(2)7-17(3)9-20/h5-13H,4,14-15H2,1-3H3,(H,31,33,35)/b21-10+. The molecule has 0 bridgehead atoms. The summed E-state index contributed by atoms with van der Waals surface area (Å²) in [4.78, 5) is 39.7. The van der Waals surface area contributed by atoms with Crippen LogP contribution < -0.4 is 29.2 Å². The van der Waals surface area contributed by atoms with E-state index in [4.69, 9.17) is 18.9 Å². The summed E-state index contributed by atoms with van der Waals surface area (Å²) < 4.78 is 23.5. The SMILES string of the molecule is CCOc1cc(/C=C2\C(=O)NC(=O)N(c3cc(C)cc(C)c3)C2=O)cc(I)c1OCc1ccc2c(c1)OCO2. The van der Waals surface area contributed by atoms with Gasteiger partial charge in [-0.1, -0.05) is 12.1 Å². The Hall–Kier alpha value is -4.06. The number of barbiturate groups is 1. The van der Waals surface area contributed by atoms with Gasteiger partial charge in [0, 0.05) is 0 Å². The molecule has 1 saturated heterocycles. The number of hydrogen-bond donors (Lipinski definition) is 1. The molecule has 1 N–H and O–H groups in total. The maximum Gasteiger partial charge on any atom is 0.335 e. The molecule has 0 aromatic heterocycles. The Labute approximate surface area is 238 Å². The van der Waals surface area contributed by atoms with Crippen molar-refractivity contribution in [2.75, 3.05) is 18.3 Å². The molecular formula is C29H25IN2O7. The number of carbonyl (C=O) groups excluding carboxylic acids is 3. The summed E-state index contributed by atoms with van der Waals surface area (Å²) in [6, 6.07) is 13.7. The summed E-state index contributed by atoms with van der Waals surface area (Å²) in [5.41, 5.74) is 3.45. The average molecular weight is 640 g/mol. The number of urea groups is 1. The molecule has 3 aromatic carbocycles. The van der Waals surface area contributed by atoms with E-state index in [1.165, 1.54) is 6.08 Å². The van der Waals surface area contributed by atoms with E-state index < -0.39 is 17.8 Å². The smallest absolute Gasteiger partial charge is 0.335 e. The van der Waals surface area contributed by atoms with Crippen LogP contribution in [0, 0.1) is 17.4 Å². The van der Waals surface area contributed by atoms with Crippen LogP contribution in [-0.2, 0) is 16.2 Å². The third-order valence-electron chi connectivity index (χ3n) is 6.03. The van der Waals surface area contributed by atoms with Crippen LogP contribution in [0.15, 0.2) is 54.1 Å². The predicted octanol–water partition coefficient (Wildman–Crippen LogP) is 5.28. The monoisotopic (exact) mass is 640 g/mol. The van der Waals surface area contributed by atoms with Crippen molar-refractivity contribution < 1.29 is 33.3 Å². The lowest BCUT2D eigenvalue weighted by molar-refractivity contribution is -0.122. The summed E-state index contributed by atoms with van der Waals surface area (Å²) in [6.45, 7) is 6.44. The second-order valence-electron chi connectivity index (χ2n) is 9.04. The van der Waals surface area contributed by atoms with Crippen LogP contribution in [-0.4, -0.2) is 31.2 Å². The molecule has 0 aliphatic carbocycles. The van der Waals surface area contributed by atoms with Gasteiger partial charge in [-0.2, -0.15) is 0 Å². The van der Waals surface area contributed by atoms with Crippen molar-refractivity contribution >= 4 is 52.2 Å². The lowest BCUT2D eigenvalue weighted by atomic mass is 10.0. The van der Waals surface area contributed by atoms with Crippen LogP contribution in [0.1, 0.15) is 29.2 Å². The van der Waals surface area contributed by atoms with Crippen molar-refractivity contribution in [3.05, 3.63) is 79.9 Å². The summed E-state index contributed by atoms with van der Waals surface area (Å²) >= 11 is 2.12. The molecule has 0 atom stereocenters. The van der Waals surface area contributed by atoms with Crippen molar-refractivity contribution in [3.8, 4) is 23.0 Å². The van der Waals surface area contributed by atoms with Gasteiger partial charge in [0.05, 0.1) is 15.9 Å². The van der Waals surface area contributed by atoms with Gasteiger partial charge in [-0.05, 0) is 108 Å². The predicted molar refractivity (Wildman–Crippen MR) is 152 cm³/mol. The van der Waals surface area contributed by atoms with E-state index in [9.17, 15) is 14.4 Å². The summed E-state index contributed by atoms with van der Waals surface area (Å²) in [7, 11) is 0. The van der Waals surface area contributed by atoms with Crippen LogP contribution in [0.5, 0.6) is 23.0 Å². The molecule has 9 nitrogen and oxygen atoms in total. The Kier molecular flexibility index (Phi) is 7.47. The number of fused-ring (bicyclic) bond motifs is 1. The van der Waals surface area contributed by atoms with Crippen molar-refractivity contribution in [3.63, 3.8) is 0 Å². The molecule has 0 radical (unpaired) electrons. The molecule has 3 aromatic rings. The van der Waals surface area contributed by atoms with Gasteiger partial charge < -0.3 is 18.9 Å². The minimum Gasteiger partial charge on any atom is -0.490 e. The number of aryl methyl sites for hydroxylation is 2. The van der Waals surface area contributed by atoms with Gasteiger partial charge >= 0.3 is 6.03 Å². The quantitative estimate of drug-likeness (QED) is 0.213. The van der Waals surface area contributed by atoms with Crippen molar-refractivity contribution in [2.24, 2.45) is 0 Å². The molecule has 5 rings (SSSR count). The van der Waals surface area contributed by atoms with Crippen LogP contribution >= 0.6 is 22.6 Å². The van der Waals surface area contributed by atoms with Crippen molar-refractivity contribution in [1.29, 1.82) is 0 Å². The fourth-order valence-corrected chi connectivity index (χ4v) is 5.18. The molecule has 2 aliphatic heterocycles. The molecule has 0 spiro atoms. The Morgan fingerprint density at radius 2 is 1.72 bits per heavy atom. The number of amides is 4. The van der Waals surface area contributed by atoms with Crippen molar-refractivity contribution in [1.82, 2.24) is 5.32 Å². The minimum atomic E-state index is -0.788. The first-order valence-corrected chi connectivity index (χ1v) is 13.3. The molecule has 2 heterocycles. The number of nitrogens with zero attached hydrogens (tertiary/aromatic N) is 1. The number of benzene rings is 3. The number of halogens is 1. The highest BCUT2D eigenvalue weighted by Gasteiger charge is 2.37. The van der Waals surface area contributed by atoms with E-state index in [2.05, 4.69) is 27.9 Å². The normalized spacial score (nSPS) is 15.5. The van der Waals surface area contributed by atoms with Crippen LogP contribution in [0.2, 0.25) is 0 Å². The number of imide groups is 2. The third-order valence-corrected chi connectivity index (χ3v) is 6.83. The molecule has 200 valence electrons. The summed E-state index contributed by atoms with van der Waals surface area (Å²) in [6.07, 6.45) is 1.45. The van der Waals surface area contributed by atoms with E-state index >= 15 is 0 Å². The van der Waals surface area contributed by atoms with E-state index in [1.54, 1.807) is 24.3 Å². The lowest BCUT2D eigenvalue weighted by Gasteiger charge is -2.27. The van der Waals surface area contributed by atoms with E-state index in [-0.39, 0.29) is 19.0 Å². The van der Waals surface area contributed by atoms with Gasteiger partial charge in [0.2, 0.25) is 6.79 Å². The average Bonchev–Trinajstić information content (AvgIpc) is 3.33. The van der Waals surface area contributed by atoms with Gasteiger partial charge in [0.25, 0.3) is 11.8 Å². The topological polar surface area (TPSA) is 103 Å². The van der Waals surface area contributed by atoms with E-state index in [0.717, 1.165) is 25.2 Å². The van der Waals surface area contributed by atoms with E-state index in [0.29, 0.717) is 40.9 Å². The Bertz CT molecular complexity index is 1510. The Balaban J connectivity index is 1.44. The highest BCUT2D eigenvalue weighted by Crippen LogP contribution is 2.37. The van der Waals surface area contributed by atoms with Gasteiger partial charge in [-0.3, -0.25) is 14.9 Å². The molecule has 0 saturated carbocycles. The maximum absolute atomic E-state index is 13.4. The first-order chi connectivity index (χ1) is 18.7. The third kappa shape index (κ3) is 5.56. The number of hydrogen-bond acceptors (Lipinski definition) is 7. The fourth-order valence-electron chi connectivity index (χ4n) is 4.40. The number of carbonyl (C=O) groups is 3. The van der Waals surface area contributed by atoms with E-state index in [1.807, 2.05) is 45.0 Å². The molecule has 2 aliphatic rings. The Morgan fingerprint density at radius 1 is 0.974 bits per heavy atom. The molecular weight excluding hydrogens is 615 g/mol. The number of nitrogens with one attached hydrogen (secondary N) is 1. The van der Waals surface area contributed by atoms with Crippen molar-refractivity contribution in [2.45, 2.75) is 27.4 Å². The van der Waals surface area contributed by atoms with Gasteiger partial charge in [0.1, 0.15) is 12.2 Å². The van der Waals surface area contributed by atoms with Crippen LogP contribution in [0.4, 0.5) is 10.5 Å². The summed E-state index contributed by atoms with van der Waals surface area (Å²) in [5, 5.41) is 2.27. The maximum atomic E-state index is 13.4. The summed E-state index contributed by atoms with van der Waals surface area (Å²) in [5.74, 6) is 0.889. The molecule has 0 unspecified atom stereocenters. The fraction of sp³-hybridized carbons (Fsp3) is 0.207. The second-order valence-corrected chi connectivity index (χ2v) is 10.2. The van der Waals surface area contributed by atoms with Crippen LogP contribution in [0.3, 0.4) is 0 Å². The zero-order chi connectivity index (χ0) is 27.7. The highest BCUT2D eigenvalue weighted by molar-refractivity contribution is 14.1. The zero-order valence-corrected chi connectivity index (χ0v) is 23.7. The number of anilines is 1. The second kappa shape index (κ2) is 11.0. The number of ether oxygens (including phenoxy) is 4. The Morgan fingerprint density at radius 3 is 2.46 bits per heavy atom. The number of rotatable bonds is 7. The van der Waals surface area contributed by atoms with Gasteiger partial charge in [-0.15, -0.1) is 0 Å². The largest absolute Gasteiger partial charge is 0.490 e. The molecule has 1 fully saturated rings. The van der Waals surface area contributed by atoms with Gasteiger partial charge in [0.15, 0.2) is 23.0 Å².